The summed E-state index contributed by atoms with van der Waals surface area (Å²) in [5.41, 5.74) is 13.7. The maximum Gasteiger partial charge on any atom is 0.241 e. The third kappa shape index (κ3) is 8.19. The minimum absolute atomic E-state index is 0. The number of fused-ring (bicyclic) bond motifs is 2. The van der Waals surface area contributed by atoms with Crippen LogP contribution in [0.25, 0.3) is 21.8 Å². The SMILES string of the molecule is Cc1ccc(CNCC(=O)N(Cc2cccc3ccccc23)c2ccc3c(c2)nc(CCc2ccc(C(=N)N)cc2)n3C)cc1.Cl.Cl. The lowest BCUT2D eigenvalue weighted by molar-refractivity contribution is -0.118. The molecule has 6 rings (SSSR count). The third-order valence-electron chi connectivity index (χ3n) is 8.41. The third-order valence-corrected chi connectivity index (χ3v) is 8.41. The van der Waals surface area contributed by atoms with Crippen molar-refractivity contribution in [3.8, 4) is 0 Å². The number of amidine groups is 1. The quantitative estimate of drug-likeness (QED) is 0.100. The summed E-state index contributed by atoms with van der Waals surface area (Å²) in [5, 5.41) is 13.3. The fourth-order valence-corrected chi connectivity index (χ4v) is 5.78. The fourth-order valence-electron chi connectivity index (χ4n) is 5.78. The van der Waals surface area contributed by atoms with Crippen LogP contribution in [-0.4, -0.2) is 27.8 Å². The van der Waals surface area contributed by atoms with Crippen LogP contribution in [0, 0.1) is 12.3 Å². The van der Waals surface area contributed by atoms with E-state index in [-0.39, 0.29) is 43.1 Å². The van der Waals surface area contributed by atoms with Gasteiger partial charge in [0, 0.05) is 31.3 Å². The average Bonchev–Trinajstić information content (AvgIpc) is 3.37. The molecule has 6 aromatic rings. The lowest BCUT2D eigenvalue weighted by Gasteiger charge is -2.24. The number of rotatable bonds is 11. The Labute approximate surface area is 288 Å². The summed E-state index contributed by atoms with van der Waals surface area (Å²) in [6.07, 6.45) is 1.59. The molecule has 0 radical (unpaired) electrons. The van der Waals surface area contributed by atoms with Crippen LogP contribution in [0.15, 0.2) is 109 Å². The van der Waals surface area contributed by atoms with Gasteiger partial charge in [0.25, 0.3) is 0 Å². The number of carbonyl (C=O) groups is 1. The number of aryl methyl sites for hydroxylation is 4. The van der Waals surface area contributed by atoms with E-state index in [2.05, 4.69) is 77.5 Å². The molecular formula is C38H40Cl2N6O. The van der Waals surface area contributed by atoms with E-state index in [1.807, 2.05) is 60.5 Å². The fraction of sp³-hybridized carbons (Fsp3) is 0.184. The maximum atomic E-state index is 13.9. The molecule has 5 aromatic carbocycles. The number of nitrogens with two attached hydrogens (primary N) is 1. The number of halogens is 2. The second-order valence-corrected chi connectivity index (χ2v) is 11.6. The molecule has 242 valence electrons. The van der Waals surface area contributed by atoms with E-state index < -0.39 is 0 Å². The highest BCUT2D eigenvalue weighted by molar-refractivity contribution is 5.97. The van der Waals surface area contributed by atoms with Gasteiger partial charge in [-0.1, -0.05) is 96.6 Å². The molecule has 0 unspecified atom stereocenters. The zero-order valence-electron chi connectivity index (χ0n) is 26.6. The van der Waals surface area contributed by atoms with E-state index in [4.69, 9.17) is 16.1 Å². The van der Waals surface area contributed by atoms with Crippen molar-refractivity contribution in [1.29, 1.82) is 5.41 Å². The van der Waals surface area contributed by atoms with Crippen LogP contribution in [0.5, 0.6) is 0 Å². The van der Waals surface area contributed by atoms with Crippen LogP contribution >= 0.6 is 24.8 Å². The second-order valence-electron chi connectivity index (χ2n) is 11.6. The first-order valence-corrected chi connectivity index (χ1v) is 15.3. The van der Waals surface area contributed by atoms with Crippen molar-refractivity contribution in [2.24, 2.45) is 12.8 Å². The van der Waals surface area contributed by atoms with Crippen LogP contribution in [0.3, 0.4) is 0 Å². The highest BCUT2D eigenvalue weighted by Gasteiger charge is 2.19. The van der Waals surface area contributed by atoms with Gasteiger partial charge in [-0.05, 0) is 59.0 Å². The Hall–Kier alpha value is -4.69. The van der Waals surface area contributed by atoms with Crippen molar-refractivity contribution < 1.29 is 4.79 Å². The zero-order valence-corrected chi connectivity index (χ0v) is 28.2. The predicted molar refractivity (Wildman–Crippen MR) is 198 cm³/mol. The molecule has 1 amide bonds. The molecule has 0 atom stereocenters. The minimum Gasteiger partial charge on any atom is -0.384 e. The standard InChI is InChI=1S/C38H38N6O.2ClH/c1-26-10-12-28(13-11-26)23-41-24-37(45)44(25-31-8-5-7-29-6-3-4-9-33(29)31)32-19-20-35-34(22-32)42-36(43(35)2)21-16-27-14-17-30(18-15-27)38(39)40;;/h3-15,17-20,22,41H,16,21,23-25H2,1-2H3,(H3,39,40);2*1H. The lowest BCUT2D eigenvalue weighted by Crippen LogP contribution is -2.37. The number of hydrogen-bond acceptors (Lipinski definition) is 4. The Kier molecular flexibility index (Phi) is 11.8. The number of anilines is 1. The molecule has 0 aliphatic rings. The number of nitrogens with one attached hydrogen (secondary N) is 2. The van der Waals surface area contributed by atoms with E-state index >= 15 is 0 Å². The van der Waals surface area contributed by atoms with Crippen molar-refractivity contribution >= 4 is 64.1 Å². The number of imidazole rings is 1. The van der Waals surface area contributed by atoms with Crippen LogP contribution in [-0.2, 0) is 37.8 Å². The molecule has 9 heteroatoms. The minimum atomic E-state index is -0.000409. The van der Waals surface area contributed by atoms with Gasteiger partial charge in [-0.15, -0.1) is 24.8 Å². The molecule has 0 bridgehead atoms. The average molecular weight is 668 g/mol. The molecular weight excluding hydrogens is 627 g/mol. The van der Waals surface area contributed by atoms with Crippen LogP contribution in [0.1, 0.15) is 33.6 Å². The van der Waals surface area contributed by atoms with Gasteiger partial charge in [-0.3, -0.25) is 10.2 Å². The summed E-state index contributed by atoms with van der Waals surface area (Å²) in [5.74, 6) is 1.05. The number of nitrogens with zero attached hydrogens (tertiary/aromatic N) is 3. The molecule has 0 saturated carbocycles. The predicted octanol–water partition coefficient (Wildman–Crippen LogP) is 7.27. The first-order valence-electron chi connectivity index (χ1n) is 15.3. The van der Waals surface area contributed by atoms with E-state index in [1.54, 1.807) is 0 Å². The van der Waals surface area contributed by atoms with Crippen molar-refractivity contribution in [3.05, 3.63) is 143 Å². The lowest BCUT2D eigenvalue weighted by atomic mass is 10.0. The Morgan fingerprint density at radius 1 is 0.872 bits per heavy atom. The molecule has 0 spiro atoms. The summed E-state index contributed by atoms with van der Waals surface area (Å²) < 4.78 is 2.13. The Morgan fingerprint density at radius 2 is 1.57 bits per heavy atom. The van der Waals surface area contributed by atoms with Crippen LogP contribution in [0.2, 0.25) is 0 Å². The smallest absolute Gasteiger partial charge is 0.241 e. The van der Waals surface area contributed by atoms with E-state index in [9.17, 15) is 4.79 Å². The van der Waals surface area contributed by atoms with E-state index in [1.165, 1.54) is 5.56 Å². The van der Waals surface area contributed by atoms with Crippen molar-refractivity contribution in [2.75, 3.05) is 11.4 Å². The molecule has 1 aromatic heterocycles. The van der Waals surface area contributed by atoms with Crippen LogP contribution in [0.4, 0.5) is 5.69 Å². The van der Waals surface area contributed by atoms with Gasteiger partial charge in [0.2, 0.25) is 5.91 Å². The molecule has 0 saturated heterocycles. The van der Waals surface area contributed by atoms with E-state index in [0.29, 0.717) is 13.1 Å². The van der Waals surface area contributed by atoms with Crippen LogP contribution < -0.4 is 16.0 Å². The Bertz CT molecular complexity index is 1980. The second kappa shape index (κ2) is 15.7. The topological polar surface area (TPSA) is 100 Å². The Morgan fingerprint density at radius 3 is 2.32 bits per heavy atom. The molecule has 1 heterocycles. The molecule has 0 aliphatic carbocycles. The normalized spacial score (nSPS) is 10.8. The summed E-state index contributed by atoms with van der Waals surface area (Å²) in [6.45, 7) is 3.36. The number of nitrogen functional groups attached to an aromatic ring is 1. The highest BCUT2D eigenvalue weighted by Crippen LogP contribution is 2.27. The van der Waals surface area contributed by atoms with Gasteiger partial charge >= 0.3 is 0 Å². The number of amides is 1. The molecule has 47 heavy (non-hydrogen) atoms. The zero-order chi connectivity index (χ0) is 31.3. The summed E-state index contributed by atoms with van der Waals surface area (Å²) in [6, 6.07) is 36.8. The number of benzene rings is 5. The van der Waals surface area contributed by atoms with Gasteiger partial charge < -0.3 is 20.5 Å². The Balaban J connectivity index is 0.00000250. The maximum absolute atomic E-state index is 13.9. The summed E-state index contributed by atoms with van der Waals surface area (Å²) in [4.78, 5) is 20.7. The number of hydrogen-bond donors (Lipinski definition) is 3. The number of carbonyl (C=O) groups excluding carboxylic acids is 1. The van der Waals surface area contributed by atoms with Crippen molar-refractivity contribution in [1.82, 2.24) is 14.9 Å². The summed E-state index contributed by atoms with van der Waals surface area (Å²) in [7, 11) is 2.04. The summed E-state index contributed by atoms with van der Waals surface area (Å²) >= 11 is 0. The van der Waals surface area contributed by atoms with E-state index in [0.717, 1.165) is 68.4 Å². The highest BCUT2D eigenvalue weighted by atomic mass is 35.5. The molecule has 0 fully saturated rings. The molecule has 0 aliphatic heterocycles. The van der Waals surface area contributed by atoms with Gasteiger partial charge in [0.1, 0.15) is 11.7 Å². The van der Waals surface area contributed by atoms with Crippen molar-refractivity contribution in [3.63, 3.8) is 0 Å². The first-order chi connectivity index (χ1) is 21.9. The van der Waals surface area contributed by atoms with Gasteiger partial charge in [-0.25, -0.2) is 4.98 Å². The van der Waals surface area contributed by atoms with Crippen molar-refractivity contribution in [2.45, 2.75) is 32.9 Å². The van der Waals surface area contributed by atoms with Gasteiger partial charge in [0.15, 0.2) is 0 Å². The molecule has 7 nitrogen and oxygen atoms in total. The van der Waals surface area contributed by atoms with Gasteiger partial charge in [-0.2, -0.15) is 0 Å². The number of aromatic nitrogens is 2. The van der Waals surface area contributed by atoms with Gasteiger partial charge in [0.05, 0.1) is 24.1 Å². The largest absolute Gasteiger partial charge is 0.384 e. The first kappa shape index (κ1) is 35.2. The molecule has 4 N–H and O–H groups in total. The monoisotopic (exact) mass is 666 g/mol.